The van der Waals surface area contributed by atoms with Crippen LogP contribution in [0.2, 0.25) is 0 Å². The molecular weight excluding hydrogens is 290 g/mol. The number of rotatable bonds is 6. The predicted molar refractivity (Wildman–Crippen MR) is 76.2 cm³/mol. The first-order valence-electron chi connectivity index (χ1n) is 6.47. The zero-order chi connectivity index (χ0) is 16.2. The molecule has 2 aromatic rings. The van der Waals surface area contributed by atoms with E-state index in [1.165, 1.54) is 31.2 Å². The van der Waals surface area contributed by atoms with Crippen molar-refractivity contribution in [2.45, 2.75) is 19.1 Å². The van der Waals surface area contributed by atoms with E-state index in [1.54, 1.807) is 23.3 Å². The van der Waals surface area contributed by atoms with Crippen LogP contribution in [0, 0.1) is 10.1 Å². The van der Waals surface area contributed by atoms with Crippen molar-refractivity contribution in [2.75, 3.05) is 6.61 Å². The molecule has 1 heterocycles. The van der Waals surface area contributed by atoms with Crippen LogP contribution in [0.15, 0.2) is 43.0 Å². The Hall–Kier alpha value is -2.74. The molecule has 1 aromatic carbocycles. The quantitative estimate of drug-likeness (QED) is 0.491. The zero-order valence-electron chi connectivity index (χ0n) is 11.9. The Kier molecular flexibility index (Phi) is 4.52. The number of nitro groups is 1. The van der Waals surface area contributed by atoms with Gasteiger partial charge in [0.05, 0.1) is 23.4 Å². The number of benzene rings is 1. The van der Waals surface area contributed by atoms with E-state index in [2.05, 4.69) is 4.98 Å². The Morgan fingerprint density at radius 3 is 2.68 bits per heavy atom. The molecule has 22 heavy (non-hydrogen) atoms. The van der Waals surface area contributed by atoms with Crippen molar-refractivity contribution in [3.8, 4) is 0 Å². The fourth-order valence-electron chi connectivity index (χ4n) is 1.84. The van der Waals surface area contributed by atoms with Crippen LogP contribution in [0.3, 0.4) is 0 Å². The Morgan fingerprint density at radius 1 is 1.45 bits per heavy atom. The topological polar surface area (TPSA) is 107 Å². The number of aromatic nitrogens is 2. The van der Waals surface area contributed by atoms with Gasteiger partial charge in [0, 0.05) is 24.5 Å². The first kappa shape index (κ1) is 15.6. The molecule has 0 amide bonds. The normalized spacial score (nSPS) is 13.4. The molecule has 0 spiro atoms. The van der Waals surface area contributed by atoms with Gasteiger partial charge in [0.25, 0.3) is 5.69 Å². The SMILES string of the molecule is C[C@](O)(COC(=O)c1ccc([N+](=O)[O-])cc1)Cn1ccnc1. The van der Waals surface area contributed by atoms with E-state index in [-0.39, 0.29) is 24.4 Å². The summed E-state index contributed by atoms with van der Waals surface area (Å²) in [6, 6.07) is 5.07. The number of nitro benzene ring substituents is 1. The van der Waals surface area contributed by atoms with E-state index in [1.807, 2.05) is 0 Å². The molecule has 0 unspecified atom stereocenters. The molecule has 0 saturated heterocycles. The number of carbonyl (C=O) groups is 1. The van der Waals surface area contributed by atoms with Gasteiger partial charge in [-0.15, -0.1) is 0 Å². The number of ether oxygens (including phenoxy) is 1. The van der Waals surface area contributed by atoms with Gasteiger partial charge in [0.1, 0.15) is 12.2 Å². The van der Waals surface area contributed by atoms with Gasteiger partial charge in [-0.25, -0.2) is 9.78 Å². The van der Waals surface area contributed by atoms with Gasteiger partial charge >= 0.3 is 5.97 Å². The molecule has 8 heteroatoms. The summed E-state index contributed by atoms with van der Waals surface area (Å²) in [5.41, 5.74) is -1.18. The molecule has 1 aromatic heterocycles. The highest BCUT2D eigenvalue weighted by atomic mass is 16.6. The van der Waals surface area contributed by atoms with Crippen LogP contribution >= 0.6 is 0 Å². The molecule has 0 aliphatic heterocycles. The first-order chi connectivity index (χ1) is 10.4. The van der Waals surface area contributed by atoms with Gasteiger partial charge in [-0.1, -0.05) is 0 Å². The van der Waals surface area contributed by atoms with Crippen LogP contribution < -0.4 is 0 Å². The summed E-state index contributed by atoms with van der Waals surface area (Å²) in [5, 5.41) is 20.7. The van der Waals surface area contributed by atoms with Crippen molar-refractivity contribution in [1.29, 1.82) is 0 Å². The Bertz CT molecular complexity index is 650. The van der Waals surface area contributed by atoms with Crippen LogP contribution in [0.4, 0.5) is 5.69 Å². The second kappa shape index (κ2) is 6.35. The van der Waals surface area contributed by atoms with Gasteiger partial charge in [-0.3, -0.25) is 10.1 Å². The minimum absolute atomic E-state index is 0.108. The molecule has 1 N–H and O–H groups in total. The maximum Gasteiger partial charge on any atom is 0.338 e. The lowest BCUT2D eigenvalue weighted by Crippen LogP contribution is -2.36. The largest absolute Gasteiger partial charge is 0.459 e. The van der Waals surface area contributed by atoms with E-state index >= 15 is 0 Å². The monoisotopic (exact) mass is 305 g/mol. The van der Waals surface area contributed by atoms with Gasteiger partial charge in [-0.2, -0.15) is 0 Å². The highest BCUT2D eigenvalue weighted by Gasteiger charge is 2.24. The number of nitrogens with zero attached hydrogens (tertiary/aromatic N) is 3. The van der Waals surface area contributed by atoms with Gasteiger partial charge in [0.15, 0.2) is 0 Å². The van der Waals surface area contributed by atoms with Crippen molar-refractivity contribution in [1.82, 2.24) is 9.55 Å². The summed E-state index contributed by atoms with van der Waals surface area (Å²) in [7, 11) is 0. The fraction of sp³-hybridized carbons (Fsp3) is 0.286. The molecule has 8 nitrogen and oxygen atoms in total. The number of hydrogen-bond donors (Lipinski definition) is 1. The van der Waals surface area contributed by atoms with Crippen LogP contribution in [-0.4, -0.2) is 37.8 Å². The summed E-state index contributed by atoms with van der Waals surface area (Å²) < 4.78 is 6.72. The van der Waals surface area contributed by atoms with E-state index in [9.17, 15) is 20.0 Å². The molecule has 0 aliphatic rings. The third-order valence-corrected chi connectivity index (χ3v) is 2.91. The zero-order valence-corrected chi connectivity index (χ0v) is 11.9. The molecular formula is C14H15N3O5. The number of non-ortho nitro benzene ring substituents is 1. The Labute approximate surface area is 126 Å². The fourth-order valence-corrected chi connectivity index (χ4v) is 1.84. The molecule has 116 valence electrons. The molecule has 0 aliphatic carbocycles. The lowest BCUT2D eigenvalue weighted by atomic mass is 10.1. The maximum atomic E-state index is 11.9. The average molecular weight is 305 g/mol. The van der Waals surface area contributed by atoms with Gasteiger partial charge in [-0.05, 0) is 19.1 Å². The predicted octanol–water partition coefficient (Wildman–Crippen LogP) is 1.40. The molecule has 0 saturated carbocycles. The number of imidazole rings is 1. The van der Waals surface area contributed by atoms with Gasteiger partial charge < -0.3 is 14.4 Å². The van der Waals surface area contributed by atoms with E-state index in [0.29, 0.717) is 0 Å². The van der Waals surface area contributed by atoms with Crippen molar-refractivity contribution >= 4 is 11.7 Å². The molecule has 0 radical (unpaired) electrons. The molecule has 1 atom stereocenters. The van der Waals surface area contributed by atoms with Crippen LogP contribution in [-0.2, 0) is 11.3 Å². The number of hydrogen-bond acceptors (Lipinski definition) is 6. The summed E-state index contributed by atoms with van der Waals surface area (Å²) in [4.78, 5) is 25.7. The number of carbonyl (C=O) groups excluding carboxylic acids is 1. The van der Waals surface area contributed by atoms with E-state index in [4.69, 9.17) is 4.74 Å². The number of esters is 1. The second-order valence-electron chi connectivity index (χ2n) is 5.11. The molecule has 2 rings (SSSR count). The van der Waals surface area contributed by atoms with Crippen LogP contribution in [0.1, 0.15) is 17.3 Å². The van der Waals surface area contributed by atoms with E-state index in [0.717, 1.165) is 0 Å². The summed E-state index contributed by atoms with van der Waals surface area (Å²) in [6.45, 7) is 1.55. The number of aliphatic hydroxyl groups is 1. The summed E-state index contributed by atoms with van der Waals surface area (Å²) in [5.74, 6) is -0.652. The Morgan fingerprint density at radius 2 is 2.14 bits per heavy atom. The summed E-state index contributed by atoms with van der Waals surface area (Å²) >= 11 is 0. The van der Waals surface area contributed by atoms with E-state index < -0.39 is 16.5 Å². The average Bonchev–Trinajstić information content (AvgIpc) is 2.97. The van der Waals surface area contributed by atoms with Gasteiger partial charge in [0.2, 0.25) is 0 Å². The van der Waals surface area contributed by atoms with Crippen LogP contribution in [0.25, 0.3) is 0 Å². The standard InChI is InChI=1S/C14H15N3O5/c1-14(19,8-16-7-6-15-10-16)9-22-13(18)11-2-4-12(5-3-11)17(20)21/h2-7,10,19H,8-9H2,1H3/t14-/m1/s1. The van der Waals surface area contributed by atoms with Crippen molar-refractivity contribution in [3.63, 3.8) is 0 Å². The van der Waals surface area contributed by atoms with Crippen molar-refractivity contribution in [3.05, 3.63) is 58.7 Å². The van der Waals surface area contributed by atoms with Crippen molar-refractivity contribution < 1.29 is 19.6 Å². The minimum atomic E-state index is -1.25. The highest BCUT2D eigenvalue weighted by Crippen LogP contribution is 2.14. The maximum absolute atomic E-state index is 11.9. The molecule has 0 bridgehead atoms. The van der Waals surface area contributed by atoms with Crippen LogP contribution in [0.5, 0.6) is 0 Å². The lowest BCUT2D eigenvalue weighted by Gasteiger charge is -2.23. The molecule has 0 fully saturated rings. The Balaban J connectivity index is 1.92. The highest BCUT2D eigenvalue weighted by molar-refractivity contribution is 5.89. The first-order valence-corrected chi connectivity index (χ1v) is 6.47. The third-order valence-electron chi connectivity index (χ3n) is 2.91. The second-order valence-corrected chi connectivity index (χ2v) is 5.11. The lowest BCUT2D eigenvalue weighted by molar-refractivity contribution is -0.384. The minimum Gasteiger partial charge on any atom is -0.459 e. The van der Waals surface area contributed by atoms with Crippen molar-refractivity contribution in [2.24, 2.45) is 0 Å². The smallest absolute Gasteiger partial charge is 0.338 e. The third kappa shape index (κ3) is 4.13. The summed E-state index contributed by atoms with van der Waals surface area (Å²) in [6.07, 6.45) is 4.82.